The molecule has 0 saturated carbocycles. The van der Waals surface area contributed by atoms with Gasteiger partial charge in [-0.3, -0.25) is 4.98 Å². The minimum absolute atomic E-state index is 0. The monoisotopic (exact) mass is 484 g/mol. The third-order valence-electron chi connectivity index (χ3n) is 3.80. The maximum absolute atomic E-state index is 14.9. The molecule has 0 aliphatic heterocycles. The summed E-state index contributed by atoms with van der Waals surface area (Å²) in [6, 6.07) is 19.4. The average Bonchev–Trinajstić information content (AvgIpc) is 2.56. The van der Waals surface area contributed by atoms with E-state index in [-0.39, 0.29) is 31.8 Å². The normalized spacial score (nSPS) is 10.4. The first-order valence-corrected chi connectivity index (χ1v) is 7.47. The van der Waals surface area contributed by atoms with Gasteiger partial charge in [0.2, 0.25) is 0 Å². The van der Waals surface area contributed by atoms with E-state index in [1.54, 1.807) is 12.3 Å². The van der Waals surface area contributed by atoms with E-state index in [9.17, 15) is 4.39 Å². The molecule has 3 rings (SSSR count). The predicted octanol–water partition coefficient (Wildman–Crippen LogP) is 5.68. The van der Waals surface area contributed by atoms with Crippen LogP contribution in [0.4, 0.5) is 4.39 Å². The Morgan fingerprint density at radius 3 is 2.22 bits per heavy atom. The van der Waals surface area contributed by atoms with E-state index in [1.165, 1.54) is 0 Å². The van der Waals surface area contributed by atoms with Crippen molar-refractivity contribution in [3.63, 3.8) is 0 Å². The SMILES string of the molecule is CC(C)c1cccc(-c2ncccc2-c2ccccc2)c1F.[Ir+3]. The largest absolute Gasteiger partial charge is 3.00 e. The van der Waals surface area contributed by atoms with Gasteiger partial charge in [0.15, 0.2) is 0 Å². The summed E-state index contributed by atoms with van der Waals surface area (Å²) in [7, 11) is 0. The van der Waals surface area contributed by atoms with Crippen molar-refractivity contribution in [2.75, 3.05) is 0 Å². The standard InChI is InChI=1S/C20H18FN.Ir/c1-14(2)16-10-6-11-18(19(16)21)20-17(12-7-13-22-20)15-8-4-3-5-9-15;/h3-14H,1-2H3;/q;+3. The van der Waals surface area contributed by atoms with Crippen LogP contribution in [0.25, 0.3) is 22.4 Å². The van der Waals surface area contributed by atoms with E-state index >= 15 is 0 Å². The molecule has 0 aliphatic carbocycles. The van der Waals surface area contributed by atoms with Crippen LogP contribution in [0.15, 0.2) is 66.9 Å². The second-order valence-electron chi connectivity index (χ2n) is 5.63. The number of aromatic nitrogens is 1. The molecule has 0 radical (unpaired) electrons. The van der Waals surface area contributed by atoms with E-state index in [1.807, 2.05) is 68.4 Å². The predicted molar refractivity (Wildman–Crippen MR) is 89.2 cm³/mol. The van der Waals surface area contributed by atoms with Crippen LogP contribution >= 0.6 is 0 Å². The minimum Gasteiger partial charge on any atom is -0.255 e. The fraction of sp³-hybridized carbons (Fsp3) is 0.150. The van der Waals surface area contributed by atoms with Gasteiger partial charge in [-0.25, -0.2) is 4.39 Å². The second-order valence-corrected chi connectivity index (χ2v) is 5.63. The van der Waals surface area contributed by atoms with Gasteiger partial charge in [-0.1, -0.05) is 62.4 Å². The van der Waals surface area contributed by atoms with Gasteiger partial charge in [-0.05, 0) is 29.2 Å². The van der Waals surface area contributed by atoms with E-state index in [0.717, 1.165) is 16.7 Å². The first kappa shape index (κ1) is 17.5. The van der Waals surface area contributed by atoms with Gasteiger partial charge in [0.25, 0.3) is 0 Å². The maximum atomic E-state index is 14.9. The van der Waals surface area contributed by atoms with Crippen molar-refractivity contribution in [1.29, 1.82) is 0 Å². The average molecular weight is 484 g/mol. The van der Waals surface area contributed by atoms with Crippen molar-refractivity contribution in [1.82, 2.24) is 4.98 Å². The Morgan fingerprint density at radius 2 is 1.52 bits per heavy atom. The number of pyridine rings is 1. The van der Waals surface area contributed by atoms with Gasteiger partial charge in [0.05, 0.1) is 5.69 Å². The van der Waals surface area contributed by atoms with Crippen molar-refractivity contribution < 1.29 is 24.5 Å². The van der Waals surface area contributed by atoms with Gasteiger partial charge >= 0.3 is 20.1 Å². The Kier molecular flexibility index (Phi) is 5.81. The molecule has 0 atom stereocenters. The van der Waals surface area contributed by atoms with Crippen LogP contribution < -0.4 is 0 Å². The molecule has 0 aliphatic rings. The molecular weight excluding hydrogens is 465 g/mol. The fourth-order valence-electron chi connectivity index (χ4n) is 2.65. The summed E-state index contributed by atoms with van der Waals surface area (Å²) >= 11 is 0. The van der Waals surface area contributed by atoms with Crippen LogP contribution in [-0.4, -0.2) is 4.98 Å². The quantitative estimate of drug-likeness (QED) is 0.467. The molecule has 0 N–H and O–H groups in total. The summed E-state index contributed by atoms with van der Waals surface area (Å²) in [4.78, 5) is 4.45. The molecule has 0 fully saturated rings. The van der Waals surface area contributed by atoms with E-state index in [2.05, 4.69) is 4.98 Å². The number of halogens is 1. The van der Waals surface area contributed by atoms with E-state index in [0.29, 0.717) is 11.3 Å². The van der Waals surface area contributed by atoms with Crippen LogP contribution in [0.3, 0.4) is 0 Å². The van der Waals surface area contributed by atoms with Crippen molar-refractivity contribution in [2.45, 2.75) is 19.8 Å². The van der Waals surface area contributed by atoms with E-state index < -0.39 is 0 Å². The van der Waals surface area contributed by atoms with Crippen LogP contribution in [0.2, 0.25) is 0 Å². The molecule has 0 saturated heterocycles. The minimum atomic E-state index is -0.173. The Bertz CT molecular complexity index is 785. The zero-order valence-electron chi connectivity index (χ0n) is 13.1. The third-order valence-corrected chi connectivity index (χ3v) is 3.80. The second kappa shape index (κ2) is 7.63. The number of hydrogen-bond donors (Lipinski definition) is 0. The molecule has 0 amide bonds. The smallest absolute Gasteiger partial charge is 0.255 e. The molecule has 0 unspecified atom stereocenters. The van der Waals surface area contributed by atoms with Gasteiger partial charge in [0.1, 0.15) is 5.82 Å². The van der Waals surface area contributed by atoms with E-state index in [4.69, 9.17) is 0 Å². The summed E-state index contributed by atoms with van der Waals surface area (Å²) in [6.07, 6.45) is 1.71. The zero-order chi connectivity index (χ0) is 15.5. The molecule has 3 heteroatoms. The van der Waals surface area contributed by atoms with Crippen LogP contribution in [0.1, 0.15) is 25.3 Å². The Morgan fingerprint density at radius 1 is 0.826 bits per heavy atom. The van der Waals surface area contributed by atoms with Gasteiger partial charge < -0.3 is 0 Å². The number of hydrogen-bond acceptors (Lipinski definition) is 1. The van der Waals surface area contributed by atoms with Gasteiger partial charge in [-0.15, -0.1) is 0 Å². The number of nitrogens with zero attached hydrogens (tertiary/aromatic N) is 1. The first-order chi connectivity index (χ1) is 10.7. The Hall–Kier alpha value is -1.83. The van der Waals surface area contributed by atoms with Crippen LogP contribution in [0, 0.1) is 5.82 Å². The Balaban J connectivity index is 0.00000192. The molecule has 0 bridgehead atoms. The maximum Gasteiger partial charge on any atom is 3.00 e. The molecule has 1 nitrogen and oxygen atoms in total. The molecule has 1 aromatic heterocycles. The molecule has 23 heavy (non-hydrogen) atoms. The molecule has 0 spiro atoms. The summed E-state index contributed by atoms with van der Waals surface area (Å²) < 4.78 is 14.9. The van der Waals surface area contributed by atoms with Crippen LogP contribution in [-0.2, 0) is 20.1 Å². The van der Waals surface area contributed by atoms with Gasteiger partial charge in [-0.2, -0.15) is 0 Å². The van der Waals surface area contributed by atoms with Crippen molar-refractivity contribution >= 4 is 0 Å². The Labute approximate surface area is 150 Å². The first-order valence-electron chi connectivity index (χ1n) is 7.47. The summed E-state index contributed by atoms with van der Waals surface area (Å²) in [5.74, 6) is -0.0304. The summed E-state index contributed by atoms with van der Waals surface area (Å²) in [5, 5.41) is 0. The number of rotatable bonds is 3. The fourth-order valence-corrected chi connectivity index (χ4v) is 2.65. The van der Waals surface area contributed by atoms with Gasteiger partial charge in [0, 0.05) is 17.3 Å². The van der Waals surface area contributed by atoms with Crippen molar-refractivity contribution in [3.8, 4) is 22.4 Å². The number of benzene rings is 2. The summed E-state index contributed by atoms with van der Waals surface area (Å²) in [6.45, 7) is 4.00. The summed E-state index contributed by atoms with van der Waals surface area (Å²) in [5.41, 5.74) is 3.96. The topological polar surface area (TPSA) is 12.9 Å². The van der Waals surface area contributed by atoms with Crippen LogP contribution in [0.5, 0.6) is 0 Å². The zero-order valence-corrected chi connectivity index (χ0v) is 15.5. The van der Waals surface area contributed by atoms with Crippen molar-refractivity contribution in [3.05, 3.63) is 78.2 Å². The molecule has 3 aromatic rings. The molecule has 2 aromatic carbocycles. The molecule has 116 valence electrons. The third kappa shape index (κ3) is 3.57. The molecule has 1 heterocycles. The van der Waals surface area contributed by atoms with Crippen molar-refractivity contribution in [2.24, 2.45) is 0 Å². The molecular formula is C20H18FIrN+3.